The molecule has 1 unspecified atom stereocenters. The topological polar surface area (TPSA) is 32.3 Å². The van der Waals surface area contributed by atoms with Gasteiger partial charge >= 0.3 is 0 Å². The van der Waals surface area contributed by atoms with Crippen LogP contribution in [0.25, 0.3) is 0 Å². The summed E-state index contributed by atoms with van der Waals surface area (Å²) in [6.45, 7) is 9.64. The highest BCUT2D eigenvalue weighted by Gasteiger charge is 2.59. The molecule has 0 aromatic carbocycles. The van der Waals surface area contributed by atoms with Gasteiger partial charge in [-0.2, -0.15) is 0 Å². The Hall–Kier alpha value is -0.870. The Morgan fingerprint density at radius 2 is 2.15 bits per heavy atom. The van der Waals surface area contributed by atoms with Gasteiger partial charge in [-0.15, -0.1) is 11.3 Å². The summed E-state index contributed by atoms with van der Waals surface area (Å²) in [5.74, 6) is 0.315. The molecule has 1 aliphatic heterocycles. The van der Waals surface area contributed by atoms with Gasteiger partial charge in [0.05, 0.1) is 0 Å². The van der Waals surface area contributed by atoms with E-state index in [1.54, 1.807) is 11.3 Å². The summed E-state index contributed by atoms with van der Waals surface area (Å²) in [7, 11) is 0. The minimum Gasteiger partial charge on any atom is -0.320 e. The number of nitrogens with one attached hydrogen (secondary N) is 1. The molecule has 20 heavy (non-hydrogen) atoms. The van der Waals surface area contributed by atoms with Crippen molar-refractivity contribution in [2.24, 2.45) is 5.41 Å². The van der Waals surface area contributed by atoms with E-state index in [4.69, 9.17) is 0 Å². The number of thiophene rings is 1. The van der Waals surface area contributed by atoms with Crippen molar-refractivity contribution >= 4 is 17.2 Å². The second kappa shape index (κ2) is 4.57. The molecule has 1 N–H and O–H groups in total. The van der Waals surface area contributed by atoms with Crippen LogP contribution in [-0.2, 0) is 4.79 Å². The number of aryl methyl sites for hydroxylation is 1. The third-order valence-corrected chi connectivity index (χ3v) is 5.78. The zero-order valence-corrected chi connectivity index (χ0v) is 13.6. The Morgan fingerprint density at radius 3 is 2.65 bits per heavy atom. The SMILES string of the molecule is CCC(C)(C)CN1C(=O)C2(CC2)NC1c1ccc(C)s1. The molecule has 3 nitrogen and oxygen atoms in total. The van der Waals surface area contributed by atoms with Crippen molar-refractivity contribution in [3.63, 3.8) is 0 Å². The molecule has 110 valence electrons. The number of hydrogen-bond donors (Lipinski definition) is 1. The van der Waals surface area contributed by atoms with E-state index in [0.717, 1.165) is 25.8 Å². The lowest BCUT2D eigenvalue weighted by atomic mass is 9.89. The molecule has 3 rings (SSSR count). The molecule has 2 fully saturated rings. The number of amides is 1. The Morgan fingerprint density at radius 1 is 1.45 bits per heavy atom. The molecule has 1 atom stereocenters. The number of carbonyl (C=O) groups excluding carboxylic acids is 1. The van der Waals surface area contributed by atoms with Crippen molar-refractivity contribution in [2.45, 2.75) is 58.7 Å². The molecule has 1 aromatic rings. The summed E-state index contributed by atoms with van der Waals surface area (Å²) in [4.78, 5) is 17.4. The van der Waals surface area contributed by atoms with E-state index in [9.17, 15) is 4.79 Å². The van der Waals surface area contributed by atoms with E-state index in [-0.39, 0.29) is 17.1 Å². The fraction of sp³-hybridized carbons (Fsp3) is 0.688. The van der Waals surface area contributed by atoms with E-state index in [0.29, 0.717) is 5.91 Å². The normalized spacial score (nSPS) is 24.7. The minimum atomic E-state index is -0.230. The molecule has 0 bridgehead atoms. The van der Waals surface area contributed by atoms with Gasteiger partial charge in [0.1, 0.15) is 11.7 Å². The van der Waals surface area contributed by atoms with Crippen LogP contribution in [-0.4, -0.2) is 22.9 Å². The van der Waals surface area contributed by atoms with E-state index >= 15 is 0 Å². The van der Waals surface area contributed by atoms with E-state index in [1.807, 2.05) is 0 Å². The van der Waals surface area contributed by atoms with Gasteiger partial charge in [-0.25, -0.2) is 0 Å². The lowest BCUT2D eigenvalue weighted by Gasteiger charge is -2.32. The molecule has 1 aromatic heterocycles. The van der Waals surface area contributed by atoms with Crippen molar-refractivity contribution in [1.29, 1.82) is 0 Å². The summed E-state index contributed by atoms with van der Waals surface area (Å²) in [6, 6.07) is 4.31. The summed E-state index contributed by atoms with van der Waals surface area (Å²) in [6.07, 6.45) is 3.15. The quantitative estimate of drug-likeness (QED) is 0.922. The van der Waals surface area contributed by atoms with E-state index in [2.05, 4.69) is 50.0 Å². The van der Waals surface area contributed by atoms with Gasteiger partial charge in [-0.3, -0.25) is 10.1 Å². The molecule has 4 heteroatoms. The van der Waals surface area contributed by atoms with Gasteiger partial charge in [0, 0.05) is 16.3 Å². The van der Waals surface area contributed by atoms with Crippen LogP contribution in [0.2, 0.25) is 0 Å². The fourth-order valence-corrected chi connectivity index (χ4v) is 3.78. The maximum absolute atomic E-state index is 12.7. The second-order valence-corrected chi connectivity index (χ2v) is 8.35. The number of rotatable bonds is 4. The van der Waals surface area contributed by atoms with Crippen molar-refractivity contribution in [3.8, 4) is 0 Å². The van der Waals surface area contributed by atoms with Crippen molar-refractivity contribution < 1.29 is 4.79 Å². The van der Waals surface area contributed by atoms with E-state index in [1.165, 1.54) is 9.75 Å². The molecule has 1 saturated carbocycles. The molecule has 0 radical (unpaired) electrons. The Balaban J connectivity index is 1.89. The lowest BCUT2D eigenvalue weighted by molar-refractivity contribution is -0.132. The van der Waals surface area contributed by atoms with E-state index < -0.39 is 0 Å². The highest BCUT2D eigenvalue weighted by molar-refractivity contribution is 7.12. The molecule has 1 spiro atoms. The number of carbonyl (C=O) groups is 1. The van der Waals surface area contributed by atoms with Gasteiger partial charge in [0.25, 0.3) is 0 Å². The summed E-state index contributed by atoms with van der Waals surface area (Å²) >= 11 is 1.80. The molecular formula is C16H24N2OS. The molecule has 1 saturated heterocycles. The monoisotopic (exact) mass is 292 g/mol. The third-order valence-electron chi connectivity index (χ3n) is 4.73. The smallest absolute Gasteiger partial charge is 0.244 e. The molecular weight excluding hydrogens is 268 g/mol. The Bertz CT molecular complexity index is 530. The summed E-state index contributed by atoms with van der Waals surface area (Å²) < 4.78 is 0. The molecule has 2 heterocycles. The summed E-state index contributed by atoms with van der Waals surface area (Å²) in [5.41, 5.74) is -0.0608. The average molecular weight is 292 g/mol. The minimum absolute atomic E-state index is 0.0783. The van der Waals surface area contributed by atoms with Gasteiger partial charge in [-0.1, -0.05) is 20.8 Å². The first-order chi connectivity index (χ1) is 9.37. The van der Waals surface area contributed by atoms with Crippen LogP contribution in [0.3, 0.4) is 0 Å². The highest BCUT2D eigenvalue weighted by atomic mass is 32.1. The van der Waals surface area contributed by atoms with Crippen LogP contribution >= 0.6 is 11.3 Å². The standard InChI is InChI=1S/C16H24N2OS/c1-5-15(3,4)10-18-13(12-7-6-11(2)20-12)17-16(8-9-16)14(18)19/h6-7,13,17H,5,8-10H2,1-4H3. The van der Waals surface area contributed by atoms with Crippen LogP contribution in [0.5, 0.6) is 0 Å². The molecule has 1 amide bonds. The van der Waals surface area contributed by atoms with Crippen LogP contribution in [0.1, 0.15) is 56.0 Å². The van der Waals surface area contributed by atoms with Crippen LogP contribution in [0.15, 0.2) is 12.1 Å². The maximum atomic E-state index is 12.7. The Kier molecular flexibility index (Phi) is 3.22. The first-order valence-corrected chi connectivity index (χ1v) is 8.34. The van der Waals surface area contributed by atoms with Crippen LogP contribution < -0.4 is 5.32 Å². The Labute approximate surface area is 125 Å². The van der Waals surface area contributed by atoms with Crippen molar-refractivity contribution in [3.05, 3.63) is 21.9 Å². The number of hydrogen-bond acceptors (Lipinski definition) is 3. The predicted octanol–water partition coefficient (Wildman–Crippen LogP) is 3.46. The average Bonchev–Trinajstić information content (AvgIpc) is 2.99. The van der Waals surface area contributed by atoms with Gasteiger partial charge < -0.3 is 4.90 Å². The second-order valence-electron chi connectivity index (χ2n) is 7.03. The van der Waals surface area contributed by atoms with Gasteiger partial charge in [0.2, 0.25) is 5.91 Å². The summed E-state index contributed by atoms with van der Waals surface area (Å²) in [5, 5.41) is 3.60. The maximum Gasteiger partial charge on any atom is 0.244 e. The van der Waals surface area contributed by atoms with Crippen LogP contribution in [0, 0.1) is 12.3 Å². The third kappa shape index (κ3) is 2.29. The zero-order valence-electron chi connectivity index (χ0n) is 12.8. The first-order valence-electron chi connectivity index (χ1n) is 7.52. The fourth-order valence-electron chi connectivity index (χ4n) is 2.84. The predicted molar refractivity (Wildman–Crippen MR) is 82.7 cm³/mol. The largest absolute Gasteiger partial charge is 0.320 e. The molecule has 1 aliphatic carbocycles. The van der Waals surface area contributed by atoms with Crippen molar-refractivity contribution in [1.82, 2.24) is 10.2 Å². The van der Waals surface area contributed by atoms with Gasteiger partial charge in [0.15, 0.2) is 0 Å². The number of nitrogens with zero attached hydrogens (tertiary/aromatic N) is 1. The van der Waals surface area contributed by atoms with Gasteiger partial charge in [-0.05, 0) is 43.7 Å². The molecule has 2 aliphatic rings. The van der Waals surface area contributed by atoms with Crippen molar-refractivity contribution in [2.75, 3.05) is 6.54 Å². The first kappa shape index (κ1) is 14.1. The lowest BCUT2D eigenvalue weighted by Crippen LogP contribution is -2.38. The zero-order chi connectivity index (χ0) is 14.5. The highest BCUT2D eigenvalue weighted by Crippen LogP contribution is 2.47. The van der Waals surface area contributed by atoms with Crippen LogP contribution in [0.4, 0.5) is 0 Å².